The van der Waals surface area contributed by atoms with Crippen LogP contribution in [0.25, 0.3) is 0 Å². The van der Waals surface area contributed by atoms with Gasteiger partial charge in [0.1, 0.15) is 18.3 Å². The molecule has 1 aliphatic rings. The first-order chi connectivity index (χ1) is 8.45. The number of hydrogen-bond acceptors (Lipinski definition) is 6. The van der Waals surface area contributed by atoms with Crippen LogP contribution in [-0.4, -0.2) is 49.8 Å². The van der Waals surface area contributed by atoms with Crippen LogP contribution in [0, 0.1) is 5.82 Å². The molecule has 2 rings (SSSR count). The predicted octanol–water partition coefficient (Wildman–Crippen LogP) is -2.71. The zero-order valence-corrected chi connectivity index (χ0v) is 8.99. The van der Waals surface area contributed by atoms with E-state index in [1.54, 1.807) is 4.98 Å². The molecule has 0 aromatic carbocycles. The normalized spacial score (nSPS) is 31.8. The molecule has 0 amide bonds. The van der Waals surface area contributed by atoms with Gasteiger partial charge in [-0.1, -0.05) is 0 Å². The third-order valence-electron chi connectivity index (χ3n) is 2.72. The topological polar surface area (TPSA) is 125 Å². The number of hydrogen-bond donors (Lipinski definition) is 4. The first-order valence-corrected chi connectivity index (χ1v) is 5.09. The van der Waals surface area contributed by atoms with E-state index in [1.165, 1.54) is 0 Å². The van der Waals surface area contributed by atoms with Crippen LogP contribution in [-0.2, 0) is 4.74 Å². The van der Waals surface area contributed by atoms with Gasteiger partial charge in [0, 0.05) is 0 Å². The molecular weight excluding hydrogens is 251 g/mol. The molecule has 0 unspecified atom stereocenters. The standard InChI is InChI=1S/C9H11FN2O6/c10-3-1-12(9(17)11-7(3)16)8-6(15)5(14)4(2-13)18-8/h1,4-6,8,13-15H,2H2,(H,11,16,17)/t4-,5-,6+,8-/m1/s1. The van der Waals surface area contributed by atoms with Gasteiger partial charge in [0.25, 0.3) is 5.56 Å². The van der Waals surface area contributed by atoms with E-state index in [1.807, 2.05) is 0 Å². The molecule has 4 N–H and O–H groups in total. The molecule has 1 aromatic rings. The summed E-state index contributed by atoms with van der Waals surface area (Å²) in [5.74, 6) is -1.23. The van der Waals surface area contributed by atoms with Gasteiger partial charge in [0.15, 0.2) is 6.23 Å². The van der Waals surface area contributed by atoms with Crippen LogP contribution in [0.15, 0.2) is 15.8 Å². The van der Waals surface area contributed by atoms with Gasteiger partial charge in [-0.25, -0.2) is 4.79 Å². The Kier molecular flexibility index (Phi) is 3.30. The third-order valence-corrected chi connectivity index (χ3v) is 2.72. The molecule has 0 aliphatic carbocycles. The maximum Gasteiger partial charge on any atom is 0.330 e. The number of H-pyrrole nitrogens is 1. The van der Waals surface area contributed by atoms with Crippen LogP contribution in [0.3, 0.4) is 0 Å². The molecule has 1 aliphatic heterocycles. The van der Waals surface area contributed by atoms with Gasteiger partial charge in [0.05, 0.1) is 12.8 Å². The van der Waals surface area contributed by atoms with E-state index < -0.39 is 48.2 Å². The summed E-state index contributed by atoms with van der Waals surface area (Å²) in [6.07, 6.45) is -4.84. The minimum Gasteiger partial charge on any atom is -0.394 e. The van der Waals surface area contributed by atoms with Gasteiger partial charge in [-0.05, 0) is 0 Å². The van der Waals surface area contributed by atoms with Gasteiger partial charge in [0.2, 0.25) is 5.82 Å². The Balaban J connectivity index is 2.42. The molecule has 4 atom stereocenters. The highest BCUT2D eigenvalue weighted by Gasteiger charge is 2.43. The number of rotatable bonds is 2. The Morgan fingerprint density at radius 1 is 1.39 bits per heavy atom. The summed E-state index contributed by atoms with van der Waals surface area (Å²) in [6.45, 7) is -0.574. The zero-order valence-electron chi connectivity index (χ0n) is 8.99. The average Bonchev–Trinajstić information content (AvgIpc) is 2.61. The van der Waals surface area contributed by atoms with Crippen LogP contribution in [0.5, 0.6) is 0 Å². The fourth-order valence-electron chi connectivity index (χ4n) is 1.76. The summed E-state index contributed by atoms with van der Waals surface area (Å²) in [7, 11) is 0. The second-order valence-electron chi connectivity index (χ2n) is 3.87. The Bertz CT molecular complexity index is 555. The van der Waals surface area contributed by atoms with Crippen molar-refractivity contribution in [3.05, 3.63) is 32.9 Å². The minimum atomic E-state index is -1.52. The molecule has 9 heteroatoms. The minimum absolute atomic E-state index is 0.571. The molecular formula is C9H11FN2O6. The number of aromatic nitrogens is 2. The monoisotopic (exact) mass is 262 g/mol. The molecule has 1 fully saturated rings. The zero-order chi connectivity index (χ0) is 13.4. The third kappa shape index (κ3) is 1.97. The van der Waals surface area contributed by atoms with Crippen molar-refractivity contribution >= 4 is 0 Å². The number of aliphatic hydroxyl groups is 3. The molecule has 0 bridgehead atoms. The smallest absolute Gasteiger partial charge is 0.330 e. The highest BCUT2D eigenvalue weighted by atomic mass is 19.1. The summed E-state index contributed by atoms with van der Waals surface area (Å²) in [5.41, 5.74) is -2.18. The van der Waals surface area contributed by atoms with E-state index in [2.05, 4.69) is 0 Å². The molecule has 2 heterocycles. The van der Waals surface area contributed by atoms with Crippen LogP contribution in [0.2, 0.25) is 0 Å². The second-order valence-corrected chi connectivity index (χ2v) is 3.87. The van der Waals surface area contributed by atoms with Crippen molar-refractivity contribution in [3.63, 3.8) is 0 Å². The van der Waals surface area contributed by atoms with E-state index >= 15 is 0 Å². The van der Waals surface area contributed by atoms with Gasteiger partial charge in [-0.15, -0.1) is 0 Å². The number of aromatic amines is 1. The van der Waals surface area contributed by atoms with Crippen LogP contribution < -0.4 is 11.2 Å². The summed E-state index contributed by atoms with van der Waals surface area (Å²) in [4.78, 5) is 24.0. The number of halogens is 1. The summed E-state index contributed by atoms with van der Waals surface area (Å²) in [6, 6.07) is 0. The van der Waals surface area contributed by atoms with Gasteiger partial charge in [-0.2, -0.15) is 4.39 Å². The van der Waals surface area contributed by atoms with Crippen molar-refractivity contribution in [3.8, 4) is 0 Å². The number of nitrogens with one attached hydrogen (secondary N) is 1. The average molecular weight is 262 g/mol. The maximum atomic E-state index is 13.1. The van der Waals surface area contributed by atoms with Crippen molar-refractivity contribution in [2.75, 3.05) is 6.61 Å². The van der Waals surface area contributed by atoms with Crippen LogP contribution >= 0.6 is 0 Å². The fourth-order valence-corrected chi connectivity index (χ4v) is 1.76. The summed E-state index contributed by atoms with van der Waals surface area (Å²) >= 11 is 0. The predicted molar refractivity (Wildman–Crippen MR) is 54.3 cm³/mol. The molecule has 100 valence electrons. The summed E-state index contributed by atoms with van der Waals surface area (Å²) in [5, 5.41) is 28.0. The summed E-state index contributed by atoms with van der Waals surface area (Å²) < 4.78 is 18.7. The van der Waals surface area contributed by atoms with E-state index in [-0.39, 0.29) is 0 Å². The van der Waals surface area contributed by atoms with E-state index in [0.29, 0.717) is 10.8 Å². The highest BCUT2D eigenvalue weighted by molar-refractivity contribution is 4.94. The molecule has 0 radical (unpaired) electrons. The quantitative estimate of drug-likeness (QED) is 0.459. The highest BCUT2D eigenvalue weighted by Crippen LogP contribution is 2.27. The number of nitrogens with zero attached hydrogens (tertiary/aromatic N) is 1. The number of ether oxygens (including phenoxy) is 1. The second kappa shape index (κ2) is 4.61. The molecule has 0 spiro atoms. The lowest BCUT2D eigenvalue weighted by molar-refractivity contribution is -0.0554. The van der Waals surface area contributed by atoms with E-state index in [0.717, 1.165) is 0 Å². The Labute approximate surface area is 98.9 Å². The van der Waals surface area contributed by atoms with Gasteiger partial charge in [-0.3, -0.25) is 14.3 Å². The lowest BCUT2D eigenvalue weighted by Gasteiger charge is -2.16. The lowest BCUT2D eigenvalue weighted by atomic mass is 10.1. The van der Waals surface area contributed by atoms with Crippen molar-refractivity contribution < 1.29 is 24.4 Å². The molecule has 1 aromatic heterocycles. The first kappa shape index (κ1) is 12.9. The van der Waals surface area contributed by atoms with Gasteiger partial charge >= 0.3 is 5.69 Å². The Morgan fingerprint density at radius 3 is 2.61 bits per heavy atom. The van der Waals surface area contributed by atoms with Crippen molar-refractivity contribution in [1.29, 1.82) is 0 Å². The largest absolute Gasteiger partial charge is 0.394 e. The SMILES string of the molecule is O=c1[nH]c(=O)n([C@@H]2O[C@H](CO)[C@@H](O)[C@@H]2O)cc1F. The van der Waals surface area contributed by atoms with E-state index in [4.69, 9.17) is 9.84 Å². The fraction of sp³-hybridized carbons (Fsp3) is 0.556. The van der Waals surface area contributed by atoms with Crippen molar-refractivity contribution in [1.82, 2.24) is 9.55 Å². The number of aliphatic hydroxyl groups excluding tert-OH is 3. The van der Waals surface area contributed by atoms with Crippen molar-refractivity contribution in [2.24, 2.45) is 0 Å². The molecule has 1 saturated heterocycles. The molecule has 8 nitrogen and oxygen atoms in total. The van der Waals surface area contributed by atoms with E-state index in [9.17, 15) is 24.2 Å². The molecule has 0 saturated carbocycles. The van der Waals surface area contributed by atoms with Gasteiger partial charge < -0.3 is 20.1 Å². The van der Waals surface area contributed by atoms with Crippen LogP contribution in [0.4, 0.5) is 4.39 Å². The van der Waals surface area contributed by atoms with Crippen molar-refractivity contribution in [2.45, 2.75) is 24.5 Å². The maximum absolute atomic E-state index is 13.1. The van der Waals surface area contributed by atoms with Crippen LogP contribution in [0.1, 0.15) is 6.23 Å². The first-order valence-electron chi connectivity index (χ1n) is 5.09. The lowest BCUT2D eigenvalue weighted by Crippen LogP contribution is -2.38. The Hall–Kier alpha value is -1.55. The Morgan fingerprint density at radius 2 is 2.06 bits per heavy atom. The molecule has 18 heavy (non-hydrogen) atoms.